The van der Waals surface area contributed by atoms with Crippen LogP contribution in [-0.2, 0) is 19.1 Å². The van der Waals surface area contributed by atoms with Crippen LogP contribution >= 0.6 is 0 Å². The fourth-order valence-electron chi connectivity index (χ4n) is 5.34. The molecule has 7 heteroatoms. The Hall–Kier alpha value is -4.26. The van der Waals surface area contributed by atoms with Crippen molar-refractivity contribution >= 4 is 35.1 Å². The van der Waals surface area contributed by atoms with Crippen LogP contribution in [0.4, 0.5) is 11.4 Å². The van der Waals surface area contributed by atoms with E-state index < -0.39 is 18.5 Å². The first-order chi connectivity index (χ1) is 17.9. The zero-order valence-electron chi connectivity index (χ0n) is 20.6. The molecule has 0 radical (unpaired) electrons. The summed E-state index contributed by atoms with van der Waals surface area (Å²) >= 11 is 0. The molecule has 3 aromatic rings. The summed E-state index contributed by atoms with van der Waals surface area (Å²) in [6.45, 7) is 1.49. The van der Waals surface area contributed by atoms with Gasteiger partial charge >= 0.3 is 5.97 Å². The van der Waals surface area contributed by atoms with Crippen LogP contribution in [0.5, 0.6) is 0 Å². The third-order valence-electron chi connectivity index (χ3n) is 7.19. The normalized spacial score (nSPS) is 20.9. The number of imide groups is 1. The van der Waals surface area contributed by atoms with E-state index in [0.29, 0.717) is 24.2 Å². The van der Waals surface area contributed by atoms with Gasteiger partial charge in [-0.1, -0.05) is 42.5 Å². The van der Waals surface area contributed by atoms with Gasteiger partial charge in [-0.15, -0.1) is 0 Å². The quantitative estimate of drug-likeness (QED) is 0.389. The lowest BCUT2D eigenvalue weighted by Gasteiger charge is -2.28. The lowest BCUT2D eigenvalue weighted by molar-refractivity contribution is -0.122. The van der Waals surface area contributed by atoms with Crippen LogP contribution in [0.15, 0.2) is 78.9 Å². The highest BCUT2D eigenvalue weighted by molar-refractivity contribution is 6.22. The van der Waals surface area contributed by atoms with E-state index in [1.807, 2.05) is 43.3 Å². The molecule has 0 unspecified atom stereocenters. The minimum atomic E-state index is -0.663. The number of anilines is 2. The van der Waals surface area contributed by atoms with Crippen molar-refractivity contribution in [1.29, 1.82) is 0 Å². The van der Waals surface area contributed by atoms with Gasteiger partial charge in [-0.2, -0.15) is 0 Å². The Morgan fingerprint density at radius 3 is 2.35 bits per heavy atom. The van der Waals surface area contributed by atoms with Crippen LogP contribution < -0.4 is 10.2 Å². The Morgan fingerprint density at radius 1 is 0.892 bits per heavy atom. The molecule has 5 rings (SSSR count). The van der Waals surface area contributed by atoms with Gasteiger partial charge in [-0.05, 0) is 79.6 Å². The molecule has 2 fully saturated rings. The number of ether oxygens (including phenoxy) is 1. The lowest BCUT2D eigenvalue weighted by Crippen LogP contribution is -2.30. The van der Waals surface area contributed by atoms with E-state index in [1.165, 1.54) is 22.6 Å². The van der Waals surface area contributed by atoms with E-state index in [9.17, 15) is 19.2 Å². The Bertz CT molecular complexity index is 1340. The molecule has 188 valence electrons. The maximum Gasteiger partial charge on any atom is 0.338 e. The number of nitrogens with zero attached hydrogens (tertiary/aromatic N) is 1. The molecule has 3 atom stereocenters. The molecule has 1 saturated carbocycles. The van der Waals surface area contributed by atoms with Crippen molar-refractivity contribution in [2.45, 2.75) is 32.1 Å². The predicted molar refractivity (Wildman–Crippen MR) is 139 cm³/mol. The third kappa shape index (κ3) is 5.16. The summed E-state index contributed by atoms with van der Waals surface area (Å²) in [4.78, 5) is 52.2. The second kappa shape index (κ2) is 10.4. The molecule has 1 saturated heterocycles. The maximum absolute atomic E-state index is 13.3. The van der Waals surface area contributed by atoms with Gasteiger partial charge in [0.25, 0.3) is 5.91 Å². The average Bonchev–Trinajstić information content (AvgIpc) is 3.17. The van der Waals surface area contributed by atoms with Gasteiger partial charge in [0.05, 0.1) is 23.1 Å². The summed E-state index contributed by atoms with van der Waals surface area (Å²) in [5.74, 6) is -1.83. The molecule has 0 bridgehead atoms. The third-order valence-corrected chi connectivity index (χ3v) is 7.19. The van der Waals surface area contributed by atoms with Gasteiger partial charge in [-0.3, -0.25) is 19.3 Å². The number of benzene rings is 3. The van der Waals surface area contributed by atoms with Crippen LogP contribution in [0, 0.1) is 18.8 Å². The number of rotatable bonds is 6. The zero-order valence-corrected chi connectivity index (χ0v) is 20.6. The Morgan fingerprint density at radius 2 is 1.62 bits per heavy atom. The fourth-order valence-corrected chi connectivity index (χ4v) is 5.34. The molecular weight excluding hydrogens is 468 g/mol. The molecule has 1 aliphatic carbocycles. The van der Waals surface area contributed by atoms with Crippen molar-refractivity contribution in [1.82, 2.24) is 0 Å². The first-order valence-electron chi connectivity index (χ1n) is 12.5. The SMILES string of the molecule is Cc1cccc(NC(=O)COC(=O)c2ccc(N3C(=O)[C@H]4C[C@@H](c5ccccc5)CC[C@H]4C3=O)cc2)c1. The molecule has 3 aromatic carbocycles. The van der Waals surface area contributed by atoms with Crippen molar-refractivity contribution < 1.29 is 23.9 Å². The van der Waals surface area contributed by atoms with Crippen molar-refractivity contribution in [3.63, 3.8) is 0 Å². The number of aryl methyl sites for hydroxylation is 1. The molecule has 3 amide bonds. The summed E-state index contributed by atoms with van der Waals surface area (Å²) in [5.41, 5.74) is 3.50. The zero-order chi connectivity index (χ0) is 25.9. The molecule has 2 aliphatic rings. The topological polar surface area (TPSA) is 92.8 Å². The fraction of sp³-hybridized carbons (Fsp3) is 0.267. The van der Waals surface area contributed by atoms with Crippen LogP contribution in [0.2, 0.25) is 0 Å². The number of esters is 1. The highest BCUT2D eigenvalue weighted by Gasteiger charge is 2.50. The van der Waals surface area contributed by atoms with Crippen molar-refractivity contribution in [3.05, 3.63) is 95.6 Å². The van der Waals surface area contributed by atoms with Crippen LogP contribution in [-0.4, -0.2) is 30.3 Å². The first kappa shape index (κ1) is 24.4. The van der Waals surface area contributed by atoms with Gasteiger partial charge in [-0.25, -0.2) is 4.79 Å². The van der Waals surface area contributed by atoms with Crippen molar-refractivity contribution in [3.8, 4) is 0 Å². The molecule has 7 nitrogen and oxygen atoms in total. The highest BCUT2D eigenvalue weighted by atomic mass is 16.5. The monoisotopic (exact) mass is 496 g/mol. The summed E-state index contributed by atoms with van der Waals surface area (Å²) in [6, 6.07) is 23.6. The van der Waals surface area contributed by atoms with Crippen LogP contribution in [0.3, 0.4) is 0 Å². The molecule has 37 heavy (non-hydrogen) atoms. The van der Waals surface area contributed by atoms with Gasteiger partial charge < -0.3 is 10.1 Å². The Labute approximate surface area is 215 Å². The number of hydrogen-bond donors (Lipinski definition) is 1. The summed E-state index contributed by atoms with van der Waals surface area (Å²) in [6.07, 6.45) is 2.21. The molecular formula is C30H28N2O5. The van der Waals surface area contributed by atoms with E-state index in [0.717, 1.165) is 12.0 Å². The number of hydrogen-bond acceptors (Lipinski definition) is 5. The van der Waals surface area contributed by atoms with Gasteiger partial charge in [0.15, 0.2) is 6.61 Å². The minimum Gasteiger partial charge on any atom is -0.452 e. The van der Waals surface area contributed by atoms with E-state index in [1.54, 1.807) is 18.2 Å². The molecule has 1 aliphatic heterocycles. The van der Waals surface area contributed by atoms with Gasteiger partial charge in [0.1, 0.15) is 0 Å². The smallest absolute Gasteiger partial charge is 0.338 e. The number of nitrogens with one attached hydrogen (secondary N) is 1. The summed E-state index contributed by atoms with van der Waals surface area (Å²) in [7, 11) is 0. The second-order valence-electron chi connectivity index (χ2n) is 9.69. The van der Waals surface area contributed by atoms with Crippen LogP contribution in [0.25, 0.3) is 0 Å². The molecule has 0 aromatic heterocycles. The van der Waals surface area contributed by atoms with E-state index >= 15 is 0 Å². The van der Waals surface area contributed by atoms with Gasteiger partial charge in [0.2, 0.25) is 11.8 Å². The number of carbonyl (C=O) groups excluding carboxylic acids is 4. The van der Waals surface area contributed by atoms with Crippen molar-refractivity contribution in [2.75, 3.05) is 16.8 Å². The molecule has 1 heterocycles. The lowest BCUT2D eigenvalue weighted by atomic mass is 9.73. The Kier molecular flexibility index (Phi) is 6.86. The molecule has 0 spiro atoms. The first-order valence-corrected chi connectivity index (χ1v) is 12.5. The standard InChI is InChI=1S/C30H28N2O5/c1-19-6-5-9-23(16-19)31-27(33)18-37-30(36)21-10-13-24(14-11-21)32-28(34)25-15-12-22(17-26(25)29(32)35)20-7-3-2-4-8-20/h2-11,13-14,16,22,25-26H,12,15,17-18H2,1H3,(H,31,33)/t22-,25+,26-/m0/s1. The maximum atomic E-state index is 13.3. The van der Waals surface area contributed by atoms with E-state index in [2.05, 4.69) is 17.4 Å². The Balaban J connectivity index is 1.20. The highest BCUT2D eigenvalue weighted by Crippen LogP contribution is 2.45. The predicted octanol–water partition coefficient (Wildman–Crippen LogP) is 4.86. The number of carbonyl (C=O) groups is 4. The number of fused-ring (bicyclic) bond motifs is 1. The van der Waals surface area contributed by atoms with Crippen molar-refractivity contribution in [2.24, 2.45) is 11.8 Å². The van der Waals surface area contributed by atoms with Crippen LogP contribution in [0.1, 0.15) is 46.7 Å². The molecule has 1 N–H and O–H groups in total. The average molecular weight is 497 g/mol. The summed E-state index contributed by atoms with van der Waals surface area (Å²) < 4.78 is 5.13. The number of amides is 3. The van der Waals surface area contributed by atoms with E-state index in [-0.39, 0.29) is 35.1 Å². The second-order valence-corrected chi connectivity index (χ2v) is 9.69. The summed E-state index contributed by atoms with van der Waals surface area (Å²) in [5, 5.41) is 2.69. The minimum absolute atomic E-state index is 0.176. The van der Waals surface area contributed by atoms with Gasteiger partial charge in [0, 0.05) is 5.69 Å². The largest absolute Gasteiger partial charge is 0.452 e. The van der Waals surface area contributed by atoms with E-state index in [4.69, 9.17) is 4.74 Å².